The predicted octanol–water partition coefficient (Wildman–Crippen LogP) is 3.72. The van der Waals surface area contributed by atoms with Crippen molar-refractivity contribution in [2.24, 2.45) is 0 Å². The lowest BCUT2D eigenvalue weighted by Gasteiger charge is -2.01. The Morgan fingerprint density at radius 3 is 2.78 bits per heavy atom. The third-order valence-corrected chi connectivity index (χ3v) is 3.21. The van der Waals surface area contributed by atoms with Gasteiger partial charge in [-0.15, -0.1) is 0 Å². The van der Waals surface area contributed by atoms with E-state index in [1.807, 2.05) is 6.08 Å². The first kappa shape index (κ1) is 14.8. The Hall–Kier alpha value is -1.26. The molecule has 0 radical (unpaired) electrons. The van der Waals surface area contributed by atoms with Crippen molar-refractivity contribution in [1.82, 2.24) is 0 Å². The zero-order chi connectivity index (χ0) is 13.5. The van der Waals surface area contributed by atoms with Gasteiger partial charge in [0.2, 0.25) is 0 Å². The number of hydrogen-bond donors (Lipinski definition) is 1. The SMILES string of the molecule is CC(=O)SCCC=Cc1cc(Cl)ccc1C(=O)O. The number of carboxylic acids is 1. The highest BCUT2D eigenvalue weighted by molar-refractivity contribution is 8.13. The molecule has 5 heteroatoms. The highest BCUT2D eigenvalue weighted by atomic mass is 35.5. The van der Waals surface area contributed by atoms with Crippen LogP contribution in [0.25, 0.3) is 6.08 Å². The van der Waals surface area contributed by atoms with Gasteiger partial charge in [-0.3, -0.25) is 4.79 Å². The topological polar surface area (TPSA) is 54.4 Å². The number of allylic oxidation sites excluding steroid dienone is 1. The lowest BCUT2D eigenvalue weighted by atomic mass is 10.1. The van der Waals surface area contributed by atoms with E-state index in [1.165, 1.54) is 24.8 Å². The number of carboxylic acid groups (broad SMARTS) is 1. The molecule has 0 fully saturated rings. The minimum absolute atomic E-state index is 0.0809. The number of carbonyl (C=O) groups excluding carboxylic acids is 1. The molecule has 18 heavy (non-hydrogen) atoms. The summed E-state index contributed by atoms with van der Waals surface area (Å²) in [6.45, 7) is 1.52. The molecule has 0 spiro atoms. The molecule has 0 aliphatic carbocycles. The summed E-state index contributed by atoms with van der Waals surface area (Å²) in [5.41, 5.74) is 0.790. The van der Waals surface area contributed by atoms with Gasteiger partial charge in [0.15, 0.2) is 5.12 Å². The van der Waals surface area contributed by atoms with Crippen molar-refractivity contribution in [1.29, 1.82) is 0 Å². The van der Waals surface area contributed by atoms with Crippen LogP contribution in [0.5, 0.6) is 0 Å². The number of halogens is 1. The van der Waals surface area contributed by atoms with Crippen molar-refractivity contribution < 1.29 is 14.7 Å². The molecule has 96 valence electrons. The van der Waals surface area contributed by atoms with E-state index in [2.05, 4.69) is 0 Å². The molecule has 0 saturated heterocycles. The Balaban J connectivity index is 2.70. The van der Waals surface area contributed by atoms with Gasteiger partial charge in [-0.1, -0.05) is 35.5 Å². The smallest absolute Gasteiger partial charge is 0.336 e. The minimum atomic E-state index is -0.982. The van der Waals surface area contributed by atoms with Crippen molar-refractivity contribution >= 4 is 40.5 Å². The van der Waals surface area contributed by atoms with Gasteiger partial charge in [0.05, 0.1) is 5.56 Å². The van der Waals surface area contributed by atoms with Gasteiger partial charge >= 0.3 is 5.97 Å². The third-order valence-electron chi connectivity index (χ3n) is 2.13. The first-order valence-corrected chi connectivity index (χ1v) is 6.70. The molecule has 0 bridgehead atoms. The normalized spacial score (nSPS) is 10.8. The van der Waals surface area contributed by atoms with Crippen molar-refractivity contribution in [3.63, 3.8) is 0 Å². The second kappa shape index (κ2) is 7.24. The lowest BCUT2D eigenvalue weighted by Crippen LogP contribution is -1.99. The van der Waals surface area contributed by atoms with E-state index in [-0.39, 0.29) is 10.7 Å². The molecule has 0 atom stereocenters. The van der Waals surface area contributed by atoms with E-state index in [0.29, 0.717) is 22.8 Å². The van der Waals surface area contributed by atoms with Crippen LogP contribution < -0.4 is 0 Å². The van der Waals surface area contributed by atoms with Gasteiger partial charge in [0.25, 0.3) is 0 Å². The van der Waals surface area contributed by atoms with Crippen LogP contribution in [-0.4, -0.2) is 21.9 Å². The summed E-state index contributed by atoms with van der Waals surface area (Å²) in [4.78, 5) is 21.7. The number of thioether (sulfide) groups is 1. The second-order valence-electron chi connectivity index (χ2n) is 3.57. The second-order valence-corrected chi connectivity index (χ2v) is 5.28. The number of carbonyl (C=O) groups is 2. The largest absolute Gasteiger partial charge is 0.478 e. The van der Waals surface area contributed by atoms with E-state index < -0.39 is 5.97 Å². The summed E-state index contributed by atoms with van der Waals surface area (Å²) in [6.07, 6.45) is 4.26. The maximum Gasteiger partial charge on any atom is 0.336 e. The summed E-state index contributed by atoms with van der Waals surface area (Å²) in [5.74, 6) is -0.293. The molecule has 0 unspecified atom stereocenters. The van der Waals surface area contributed by atoms with E-state index in [0.717, 1.165) is 0 Å². The molecule has 0 amide bonds. The van der Waals surface area contributed by atoms with Gasteiger partial charge in [-0.05, 0) is 30.2 Å². The standard InChI is InChI=1S/C13H13ClO3S/c1-9(15)18-7-3-2-4-10-8-11(14)5-6-12(10)13(16)17/h2,4-6,8H,3,7H2,1H3,(H,16,17). The molecule has 1 rings (SSSR count). The number of rotatable bonds is 5. The minimum Gasteiger partial charge on any atom is -0.478 e. The van der Waals surface area contributed by atoms with Crippen LogP contribution in [0.4, 0.5) is 0 Å². The van der Waals surface area contributed by atoms with Crippen LogP contribution in [0.2, 0.25) is 5.02 Å². The Morgan fingerprint density at radius 2 is 2.17 bits per heavy atom. The van der Waals surface area contributed by atoms with Crippen LogP contribution in [0.1, 0.15) is 29.3 Å². The molecule has 1 N–H and O–H groups in total. The zero-order valence-electron chi connectivity index (χ0n) is 9.85. The summed E-state index contributed by atoms with van der Waals surface area (Å²) in [6, 6.07) is 4.64. The molecule has 0 aliphatic rings. The van der Waals surface area contributed by atoms with Crippen LogP contribution in [0.15, 0.2) is 24.3 Å². The van der Waals surface area contributed by atoms with Gasteiger partial charge in [0.1, 0.15) is 0 Å². The fourth-order valence-corrected chi connectivity index (χ4v) is 2.07. The number of benzene rings is 1. The van der Waals surface area contributed by atoms with Crippen molar-refractivity contribution in [3.8, 4) is 0 Å². The average Bonchev–Trinajstić information content (AvgIpc) is 2.27. The highest BCUT2D eigenvalue weighted by Crippen LogP contribution is 2.18. The predicted molar refractivity (Wildman–Crippen MR) is 75.2 cm³/mol. The average molecular weight is 285 g/mol. The summed E-state index contributed by atoms with van der Waals surface area (Å²) >= 11 is 7.08. The highest BCUT2D eigenvalue weighted by Gasteiger charge is 2.07. The molecule has 0 aromatic heterocycles. The van der Waals surface area contributed by atoms with Crippen molar-refractivity contribution in [3.05, 3.63) is 40.4 Å². The monoisotopic (exact) mass is 284 g/mol. The van der Waals surface area contributed by atoms with Gasteiger partial charge in [-0.2, -0.15) is 0 Å². The maximum absolute atomic E-state index is 11.0. The van der Waals surface area contributed by atoms with E-state index >= 15 is 0 Å². The maximum atomic E-state index is 11.0. The molecular weight excluding hydrogens is 272 g/mol. The molecule has 1 aromatic carbocycles. The first-order chi connectivity index (χ1) is 8.50. The fraction of sp³-hybridized carbons (Fsp3) is 0.231. The summed E-state index contributed by atoms with van der Waals surface area (Å²) in [5, 5.41) is 9.59. The molecule has 0 aliphatic heterocycles. The molecule has 0 heterocycles. The van der Waals surface area contributed by atoms with Crippen LogP contribution in [0.3, 0.4) is 0 Å². The van der Waals surface area contributed by atoms with Crippen molar-refractivity contribution in [2.75, 3.05) is 5.75 Å². The first-order valence-electron chi connectivity index (χ1n) is 5.33. The summed E-state index contributed by atoms with van der Waals surface area (Å²) in [7, 11) is 0. The number of hydrogen-bond acceptors (Lipinski definition) is 3. The fourth-order valence-electron chi connectivity index (χ4n) is 1.35. The van der Waals surface area contributed by atoms with E-state index in [1.54, 1.807) is 18.2 Å². The molecule has 1 aromatic rings. The van der Waals surface area contributed by atoms with E-state index in [4.69, 9.17) is 16.7 Å². The van der Waals surface area contributed by atoms with Crippen LogP contribution >= 0.6 is 23.4 Å². The zero-order valence-corrected chi connectivity index (χ0v) is 11.4. The van der Waals surface area contributed by atoms with Crippen molar-refractivity contribution in [2.45, 2.75) is 13.3 Å². The molecular formula is C13H13ClO3S. The van der Waals surface area contributed by atoms with E-state index in [9.17, 15) is 9.59 Å². The van der Waals surface area contributed by atoms with Gasteiger partial charge < -0.3 is 5.11 Å². The van der Waals surface area contributed by atoms with Gasteiger partial charge in [-0.25, -0.2) is 4.79 Å². The molecule has 0 saturated carbocycles. The lowest BCUT2D eigenvalue weighted by molar-refractivity contribution is -0.109. The Bertz CT molecular complexity index is 483. The Morgan fingerprint density at radius 1 is 1.44 bits per heavy atom. The Labute approximate surface area is 115 Å². The van der Waals surface area contributed by atoms with Gasteiger partial charge in [0, 0.05) is 17.7 Å². The molecule has 3 nitrogen and oxygen atoms in total. The Kier molecular flexibility index (Phi) is 5.95. The summed E-state index contributed by atoms with van der Waals surface area (Å²) < 4.78 is 0. The van der Waals surface area contributed by atoms with Crippen LogP contribution in [-0.2, 0) is 4.79 Å². The third kappa shape index (κ3) is 4.94. The quantitative estimate of drug-likeness (QED) is 0.837. The number of aromatic carboxylic acids is 1. The van der Waals surface area contributed by atoms with Crippen LogP contribution in [0, 0.1) is 0 Å².